The Morgan fingerprint density at radius 2 is 1.70 bits per heavy atom. The third-order valence-corrected chi connectivity index (χ3v) is 6.62. The van der Waals surface area contributed by atoms with Gasteiger partial charge in [-0.15, -0.1) is 0 Å². The van der Waals surface area contributed by atoms with Gasteiger partial charge in [-0.25, -0.2) is 19.6 Å². The predicted octanol–water partition coefficient (Wildman–Crippen LogP) is 2.07. The van der Waals surface area contributed by atoms with Gasteiger partial charge in [-0.05, 0) is 46.5 Å². The molecule has 3 heterocycles. The van der Waals surface area contributed by atoms with Crippen LogP contribution in [-0.4, -0.2) is 89.5 Å². The molecule has 2 atom stereocenters. The molecular weight excluding hydrogens is 516 g/mol. The third kappa shape index (κ3) is 8.82. The normalized spacial score (nSPS) is 18.8. The molecule has 0 saturated heterocycles. The lowest BCUT2D eigenvalue weighted by atomic mass is 10.0. The van der Waals surface area contributed by atoms with E-state index in [1.54, 1.807) is 37.4 Å². The molecule has 0 aliphatic carbocycles. The van der Waals surface area contributed by atoms with E-state index in [9.17, 15) is 14.4 Å². The lowest BCUT2D eigenvalue weighted by molar-refractivity contribution is -0.138. The fourth-order valence-corrected chi connectivity index (χ4v) is 4.47. The number of fused-ring (bicyclic) bond motifs is 1. The summed E-state index contributed by atoms with van der Waals surface area (Å²) in [7, 11) is 1.64. The van der Waals surface area contributed by atoms with E-state index in [4.69, 9.17) is 9.90 Å². The number of likely N-dealkylation sites (N-methyl/N-ethyl adjacent to an activating group) is 1. The summed E-state index contributed by atoms with van der Waals surface area (Å²) < 4.78 is 1.79. The summed E-state index contributed by atoms with van der Waals surface area (Å²) in [5.41, 5.74) is 1.72. The van der Waals surface area contributed by atoms with Crippen molar-refractivity contribution in [2.24, 2.45) is 5.92 Å². The Morgan fingerprint density at radius 3 is 2.27 bits per heavy atom. The summed E-state index contributed by atoms with van der Waals surface area (Å²) in [6.45, 7) is 13.5. The minimum absolute atomic E-state index is 0.142. The SMILES string of the molecule is CC(=O)O.Cc1nc2n(n1)CCN(C(=O)c1c(C)ncnc1C)CCCC(=O)N(C)[C@@H](C)C(=O)N[C@@H]2CC(C)C. The summed E-state index contributed by atoms with van der Waals surface area (Å²) in [5.74, 6) is 0.160. The third-order valence-electron chi connectivity index (χ3n) is 6.62. The molecule has 0 fully saturated rings. The van der Waals surface area contributed by atoms with E-state index >= 15 is 0 Å². The largest absolute Gasteiger partial charge is 0.481 e. The number of hydrogen-bond donors (Lipinski definition) is 2. The number of aromatic nitrogens is 5. The van der Waals surface area contributed by atoms with Crippen molar-refractivity contribution in [3.8, 4) is 0 Å². The van der Waals surface area contributed by atoms with Crippen molar-refractivity contribution >= 4 is 23.7 Å². The van der Waals surface area contributed by atoms with Gasteiger partial charge >= 0.3 is 0 Å². The van der Waals surface area contributed by atoms with E-state index in [0.717, 1.165) is 6.92 Å². The molecule has 3 amide bonds. The number of carbonyl (C=O) groups excluding carboxylic acids is 3. The monoisotopic (exact) mass is 558 g/mol. The quantitative estimate of drug-likeness (QED) is 0.574. The molecule has 0 saturated carbocycles. The Kier molecular flexibility index (Phi) is 11.7. The molecule has 13 nitrogen and oxygen atoms in total. The van der Waals surface area contributed by atoms with Gasteiger partial charge in [0.2, 0.25) is 11.8 Å². The lowest BCUT2D eigenvalue weighted by Gasteiger charge is -2.29. The fraction of sp³-hybridized carbons (Fsp3) is 0.630. The van der Waals surface area contributed by atoms with Gasteiger partial charge in [0.05, 0.1) is 29.5 Å². The maximum Gasteiger partial charge on any atom is 0.300 e. The number of nitrogens with zero attached hydrogens (tertiary/aromatic N) is 7. The first-order valence-corrected chi connectivity index (χ1v) is 13.5. The van der Waals surface area contributed by atoms with Crippen LogP contribution in [0.2, 0.25) is 0 Å². The van der Waals surface area contributed by atoms with Crippen molar-refractivity contribution in [3.05, 3.63) is 34.9 Å². The molecule has 2 aromatic rings. The van der Waals surface area contributed by atoms with Gasteiger partial charge in [-0.3, -0.25) is 19.2 Å². The summed E-state index contributed by atoms with van der Waals surface area (Å²) in [6.07, 6.45) is 2.81. The highest BCUT2D eigenvalue weighted by atomic mass is 16.4. The minimum atomic E-state index is -0.833. The molecular formula is C27H42N8O5. The molecule has 0 spiro atoms. The second-order valence-electron chi connectivity index (χ2n) is 10.4. The Hall–Kier alpha value is -3.90. The van der Waals surface area contributed by atoms with E-state index in [2.05, 4.69) is 39.2 Å². The Morgan fingerprint density at radius 1 is 1.10 bits per heavy atom. The minimum Gasteiger partial charge on any atom is -0.481 e. The molecule has 220 valence electrons. The number of carboxylic acid groups (broad SMARTS) is 1. The zero-order chi connectivity index (χ0) is 30.1. The van der Waals surface area contributed by atoms with Crippen LogP contribution in [-0.2, 0) is 20.9 Å². The lowest BCUT2D eigenvalue weighted by Crippen LogP contribution is -2.47. The molecule has 3 rings (SSSR count). The molecule has 2 aromatic heterocycles. The van der Waals surface area contributed by atoms with Crippen molar-refractivity contribution < 1.29 is 24.3 Å². The number of nitrogens with one attached hydrogen (secondary N) is 1. The first kappa shape index (κ1) is 32.3. The number of carboxylic acids is 1. The Bertz CT molecular complexity index is 1190. The molecule has 1 aliphatic rings. The molecule has 13 heteroatoms. The van der Waals surface area contributed by atoms with Gasteiger partial charge < -0.3 is 20.2 Å². The van der Waals surface area contributed by atoms with Gasteiger partial charge in [0.1, 0.15) is 24.0 Å². The molecule has 40 heavy (non-hydrogen) atoms. The van der Waals surface area contributed by atoms with Crippen LogP contribution in [0.4, 0.5) is 0 Å². The maximum absolute atomic E-state index is 13.6. The summed E-state index contributed by atoms with van der Waals surface area (Å²) >= 11 is 0. The zero-order valence-electron chi connectivity index (χ0n) is 24.8. The van der Waals surface area contributed by atoms with E-state index in [1.807, 2.05) is 6.92 Å². The second-order valence-corrected chi connectivity index (χ2v) is 10.4. The maximum atomic E-state index is 13.6. The first-order valence-electron chi connectivity index (χ1n) is 13.5. The molecule has 0 radical (unpaired) electrons. The number of carbonyl (C=O) groups is 4. The standard InChI is InChI=1S/C25H38N8O3.C2H4O2/c1-15(2)13-20-23-28-19(6)30-33(23)12-11-32(25(36)22-16(3)26-14-27-17(22)4)10-8-9-21(34)31(7)18(5)24(35)29-20;1-2(3)4/h14-15,18,20H,8-13H2,1-7H3,(H,29,35);1H3,(H,3,4)/t18-,20+;/m0./s1. The van der Waals surface area contributed by atoms with Crippen LogP contribution in [0.25, 0.3) is 0 Å². The number of rotatable bonds is 3. The van der Waals surface area contributed by atoms with Crippen LogP contribution in [0.15, 0.2) is 6.33 Å². The first-order chi connectivity index (χ1) is 18.7. The second kappa shape index (κ2) is 14.5. The fourth-order valence-electron chi connectivity index (χ4n) is 4.47. The van der Waals surface area contributed by atoms with E-state index in [0.29, 0.717) is 61.1 Å². The van der Waals surface area contributed by atoms with Gasteiger partial charge in [-0.2, -0.15) is 5.10 Å². The van der Waals surface area contributed by atoms with Gasteiger partial charge in [0.15, 0.2) is 0 Å². The summed E-state index contributed by atoms with van der Waals surface area (Å²) in [4.78, 5) is 64.8. The van der Waals surface area contributed by atoms with E-state index in [1.165, 1.54) is 11.2 Å². The van der Waals surface area contributed by atoms with Gasteiger partial charge in [0, 0.05) is 33.5 Å². The topological polar surface area (TPSA) is 164 Å². The zero-order valence-corrected chi connectivity index (χ0v) is 24.8. The van der Waals surface area contributed by atoms with Crippen LogP contribution < -0.4 is 5.32 Å². The molecule has 2 N–H and O–H groups in total. The summed E-state index contributed by atoms with van der Waals surface area (Å²) in [6, 6.07) is -1.01. The van der Waals surface area contributed by atoms with Crippen molar-refractivity contribution in [1.82, 2.24) is 39.8 Å². The molecule has 0 aromatic carbocycles. The average Bonchev–Trinajstić information content (AvgIpc) is 3.23. The molecule has 1 aliphatic heterocycles. The Balaban J connectivity index is 0.00000131. The van der Waals surface area contributed by atoms with Crippen LogP contribution in [0.1, 0.15) is 86.4 Å². The number of aliphatic carboxylic acids is 1. The number of aryl methyl sites for hydroxylation is 3. The average molecular weight is 559 g/mol. The predicted molar refractivity (Wildman–Crippen MR) is 147 cm³/mol. The highest BCUT2D eigenvalue weighted by Gasteiger charge is 2.29. The van der Waals surface area contributed by atoms with Crippen LogP contribution in [0, 0.1) is 26.7 Å². The highest BCUT2D eigenvalue weighted by molar-refractivity contribution is 5.96. The smallest absolute Gasteiger partial charge is 0.300 e. The van der Waals surface area contributed by atoms with Crippen LogP contribution >= 0.6 is 0 Å². The van der Waals surface area contributed by atoms with Crippen molar-refractivity contribution in [1.29, 1.82) is 0 Å². The van der Waals surface area contributed by atoms with Gasteiger partial charge in [0.25, 0.3) is 11.9 Å². The Labute approximate surface area is 235 Å². The number of amides is 3. The van der Waals surface area contributed by atoms with Crippen molar-refractivity contribution in [2.45, 2.75) is 86.4 Å². The highest BCUT2D eigenvalue weighted by Crippen LogP contribution is 2.22. The molecule has 0 bridgehead atoms. The van der Waals surface area contributed by atoms with E-state index < -0.39 is 12.0 Å². The van der Waals surface area contributed by atoms with E-state index in [-0.39, 0.29) is 36.1 Å². The van der Waals surface area contributed by atoms with Crippen molar-refractivity contribution in [2.75, 3.05) is 20.1 Å². The summed E-state index contributed by atoms with van der Waals surface area (Å²) in [5, 5.41) is 15.1. The molecule has 0 unspecified atom stereocenters. The van der Waals surface area contributed by atoms with Crippen molar-refractivity contribution in [3.63, 3.8) is 0 Å². The van der Waals surface area contributed by atoms with Gasteiger partial charge in [-0.1, -0.05) is 13.8 Å². The number of hydrogen-bond acceptors (Lipinski definition) is 8. The van der Waals surface area contributed by atoms with Crippen LogP contribution in [0.5, 0.6) is 0 Å². The van der Waals surface area contributed by atoms with Crippen LogP contribution in [0.3, 0.4) is 0 Å².